The Bertz CT molecular complexity index is 835. The Kier molecular flexibility index (Phi) is 15.7. The van der Waals surface area contributed by atoms with Crippen molar-refractivity contribution in [3.8, 4) is 0 Å². The van der Waals surface area contributed by atoms with Crippen molar-refractivity contribution in [2.45, 2.75) is 117 Å². The molecular weight excluding hydrogens is 482 g/mol. The molecule has 3 amide bonds. The Morgan fingerprint density at radius 2 is 1.53 bits per heavy atom. The first-order chi connectivity index (χ1) is 18.1. The zero-order chi connectivity index (χ0) is 28.6. The number of nitrogens with one attached hydrogen (secondary N) is 2. The Morgan fingerprint density at radius 1 is 0.921 bits per heavy atom. The summed E-state index contributed by atoms with van der Waals surface area (Å²) in [4.78, 5) is 41.3. The summed E-state index contributed by atoms with van der Waals surface area (Å²) in [6.07, 6.45) is 7.96. The quantitative estimate of drug-likeness (QED) is 0.236. The highest BCUT2D eigenvalue weighted by Gasteiger charge is 2.35. The minimum Gasteiger partial charge on any atom is -0.444 e. The van der Waals surface area contributed by atoms with Crippen LogP contribution in [0.1, 0.15) is 110 Å². The second-order valence-electron chi connectivity index (χ2n) is 10.8. The molecule has 0 bridgehead atoms. The number of benzene rings is 1. The molecule has 38 heavy (non-hydrogen) atoms. The van der Waals surface area contributed by atoms with Gasteiger partial charge in [0.1, 0.15) is 17.7 Å². The van der Waals surface area contributed by atoms with E-state index in [1.54, 1.807) is 20.8 Å². The maximum Gasteiger partial charge on any atom is 0.408 e. The number of ether oxygens (including phenoxy) is 1. The van der Waals surface area contributed by atoms with Gasteiger partial charge in [0.15, 0.2) is 0 Å². The highest BCUT2D eigenvalue weighted by Crippen LogP contribution is 2.24. The van der Waals surface area contributed by atoms with Gasteiger partial charge < -0.3 is 25.4 Å². The van der Waals surface area contributed by atoms with Crippen LogP contribution in [0.15, 0.2) is 24.3 Å². The number of hydrogen-bond donors (Lipinski definition) is 3. The fourth-order valence-electron chi connectivity index (χ4n) is 4.16. The molecule has 216 valence electrons. The van der Waals surface area contributed by atoms with Crippen LogP contribution in [0.4, 0.5) is 4.79 Å². The van der Waals surface area contributed by atoms with E-state index < -0.39 is 36.3 Å². The third-order valence-electron chi connectivity index (χ3n) is 6.30. The summed E-state index contributed by atoms with van der Waals surface area (Å²) < 4.78 is 5.31. The lowest BCUT2D eigenvalue weighted by atomic mass is 10.00. The van der Waals surface area contributed by atoms with Crippen LogP contribution in [-0.4, -0.2) is 59.3 Å². The van der Waals surface area contributed by atoms with Gasteiger partial charge in [-0.3, -0.25) is 9.59 Å². The number of unbranched alkanes of at least 4 members (excludes halogenated alkanes) is 6. The second kappa shape index (κ2) is 17.8. The number of alkyl carbamates (subject to hydrolysis) is 1. The molecule has 0 aromatic heterocycles. The van der Waals surface area contributed by atoms with Crippen molar-refractivity contribution in [1.29, 1.82) is 0 Å². The van der Waals surface area contributed by atoms with Crippen LogP contribution in [0.25, 0.3) is 0 Å². The second-order valence-corrected chi connectivity index (χ2v) is 10.8. The zero-order valence-electron chi connectivity index (χ0n) is 24.5. The molecule has 0 fully saturated rings. The van der Waals surface area contributed by atoms with Crippen molar-refractivity contribution < 1.29 is 24.2 Å². The van der Waals surface area contributed by atoms with Gasteiger partial charge in [0, 0.05) is 13.1 Å². The molecule has 8 heteroatoms. The molecule has 1 aromatic carbocycles. The van der Waals surface area contributed by atoms with E-state index in [4.69, 9.17) is 4.74 Å². The Morgan fingerprint density at radius 3 is 2.08 bits per heavy atom. The highest BCUT2D eigenvalue weighted by atomic mass is 16.6. The fraction of sp³-hybridized carbons (Fsp3) is 0.700. The van der Waals surface area contributed by atoms with Gasteiger partial charge in [0.2, 0.25) is 11.8 Å². The van der Waals surface area contributed by atoms with Crippen LogP contribution >= 0.6 is 0 Å². The molecule has 2 unspecified atom stereocenters. The Hall–Kier alpha value is -2.61. The smallest absolute Gasteiger partial charge is 0.408 e. The monoisotopic (exact) mass is 533 g/mol. The molecule has 0 spiro atoms. The molecule has 0 heterocycles. The van der Waals surface area contributed by atoms with Crippen molar-refractivity contribution in [1.82, 2.24) is 15.5 Å². The number of aryl methyl sites for hydroxylation is 1. The van der Waals surface area contributed by atoms with E-state index >= 15 is 0 Å². The van der Waals surface area contributed by atoms with Crippen molar-refractivity contribution in [2.24, 2.45) is 0 Å². The summed E-state index contributed by atoms with van der Waals surface area (Å²) >= 11 is 0. The third kappa shape index (κ3) is 12.3. The third-order valence-corrected chi connectivity index (χ3v) is 6.30. The molecule has 0 saturated carbocycles. The minimum absolute atomic E-state index is 0.268. The van der Waals surface area contributed by atoms with Gasteiger partial charge in [-0.2, -0.15) is 0 Å². The van der Waals surface area contributed by atoms with E-state index in [9.17, 15) is 19.5 Å². The predicted octanol–water partition coefficient (Wildman–Crippen LogP) is 5.28. The van der Waals surface area contributed by atoms with Crippen molar-refractivity contribution >= 4 is 17.9 Å². The van der Waals surface area contributed by atoms with Gasteiger partial charge in [-0.15, -0.1) is 0 Å². The van der Waals surface area contributed by atoms with E-state index in [0.29, 0.717) is 25.1 Å². The first-order valence-corrected chi connectivity index (χ1v) is 14.3. The lowest BCUT2D eigenvalue weighted by molar-refractivity contribution is -0.143. The van der Waals surface area contributed by atoms with Crippen molar-refractivity contribution in [3.05, 3.63) is 35.4 Å². The SMILES string of the molecule is CCCCCCCCN(C(=O)C(CO)NC(=O)OC(C)(C)C)C(C(=O)NCCCC)c1ccc(CC)cc1. The lowest BCUT2D eigenvalue weighted by Crippen LogP contribution is -2.54. The number of carbonyl (C=O) groups is 3. The standard InChI is InChI=1S/C30H51N3O5/c1-7-10-12-13-14-15-21-33(28(36)25(22-34)32-29(37)38-30(4,5)6)26(27(35)31-20-11-8-2)24-18-16-23(9-3)17-19-24/h16-19,25-26,34H,7-15,20-22H2,1-6H3,(H,31,35)(H,32,37). The maximum atomic E-state index is 13.8. The van der Waals surface area contributed by atoms with Gasteiger partial charge in [-0.1, -0.05) is 83.6 Å². The average molecular weight is 534 g/mol. The topological polar surface area (TPSA) is 108 Å². The molecule has 0 aliphatic carbocycles. The summed E-state index contributed by atoms with van der Waals surface area (Å²) in [5.74, 6) is -0.780. The first-order valence-electron chi connectivity index (χ1n) is 14.3. The van der Waals surface area contributed by atoms with Crippen molar-refractivity contribution in [3.63, 3.8) is 0 Å². The van der Waals surface area contributed by atoms with Gasteiger partial charge >= 0.3 is 6.09 Å². The van der Waals surface area contributed by atoms with Crippen LogP contribution in [-0.2, 0) is 20.7 Å². The molecule has 8 nitrogen and oxygen atoms in total. The number of aliphatic hydroxyl groups excluding tert-OH is 1. The normalized spacial score (nSPS) is 12.9. The molecular formula is C30H51N3O5. The number of aliphatic hydroxyl groups is 1. The molecule has 1 rings (SSSR count). The number of hydrogen-bond acceptors (Lipinski definition) is 5. The predicted molar refractivity (Wildman–Crippen MR) is 152 cm³/mol. The molecule has 0 radical (unpaired) electrons. The Balaban J connectivity index is 3.31. The van der Waals surface area contributed by atoms with Gasteiger partial charge in [0.25, 0.3) is 0 Å². The lowest BCUT2D eigenvalue weighted by Gasteiger charge is -2.34. The molecule has 0 aliphatic heterocycles. The van der Waals surface area contributed by atoms with Gasteiger partial charge in [-0.25, -0.2) is 4.79 Å². The fourth-order valence-corrected chi connectivity index (χ4v) is 4.16. The van der Waals surface area contributed by atoms with Gasteiger partial charge in [0.05, 0.1) is 6.61 Å². The first kappa shape index (κ1) is 33.4. The summed E-state index contributed by atoms with van der Waals surface area (Å²) in [5.41, 5.74) is 1.07. The average Bonchev–Trinajstić information content (AvgIpc) is 2.87. The van der Waals surface area contributed by atoms with Crippen LogP contribution in [0.2, 0.25) is 0 Å². The van der Waals surface area contributed by atoms with Crippen molar-refractivity contribution in [2.75, 3.05) is 19.7 Å². The van der Waals surface area contributed by atoms with Crippen LogP contribution in [0.5, 0.6) is 0 Å². The number of amides is 3. The maximum absolute atomic E-state index is 13.8. The summed E-state index contributed by atoms with van der Waals surface area (Å²) in [5, 5.41) is 15.6. The van der Waals surface area contributed by atoms with E-state index in [-0.39, 0.29) is 5.91 Å². The van der Waals surface area contributed by atoms with E-state index in [0.717, 1.165) is 50.5 Å². The number of nitrogens with zero attached hydrogens (tertiary/aromatic N) is 1. The van der Waals surface area contributed by atoms with E-state index in [1.807, 2.05) is 24.3 Å². The molecule has 0 aliphatic rings. The molecule has 3 N–H and O–H groups in total. The summed E-state index contributed by atoms with van der Waals surface area (Å²) in [7, 11) is 0. The molecule has 0 saturated heterocycles. The number of rotatable bonds is 17. The minimum atomic E-state index is -1.23. The highest BCUT2D eigenvalue weighted by molar-refractivity contribution is 5.92. The summed E-state index contributed by atoms with van der Waals surface area (Å²) in [6.45, 7) is 11.7. The largest absolute Gasteiger partial charge is 0.444 e. The zero-order valence-corrected chi connectivity index (χ0v) is 24.5. The van der Waals surface area contributed by atoms with Gasteiger partial charge in [-0.05, 0) is 51.2 Å². The van der Waals surface area contributed by atoms with Crippen LogP contribution < -0.4 is 10.6 Å². The molecule has 1 aromatic rings. The van der Waals surface area contributed by atoms with E-state index in [2.05, 4.69) is 31.4 Å². The molecule has 2 atom stereocenters. The van der Waals surface area contributed by atoms with E-state index in [1.165, 1.54) is 11.3 Å². The Labute approximate surface area is 229 Å². The van der Waals surface area contributed by atoms with Crippen LogP contribution in [0.3, 0.4) is 0 Å². The number of carbonyl (C=O) groups excluding carboxylic acids is 3. The van der Waals surface area contributed by atoms with Crippen LogP contribution in [0, 0.1) is 0 Å². The summed E-state index contributed by atoms with van der Waals surface area (Å²) in [6, 6.07) is 5.61.